The number of rotatable bonds is 11. The standard InChI is InChI=1S/C24H32N4O6S/c1-6-13-25-24(30)19(4)26(15-20-10-8-7-9-17(20)2)23(29)16-27(35(5,33)34)22-14-21(28(31)32)12-11-18(22)3/h7-12,14,19H,6,13,15-16H2,1-5H3,(H,25,30)/t19-/m0/s1. The Kier molecular flexibility index (Phi) is 9.35. The maximum absolute atomic E-state index is 13.5. The van der Waals surface area contributed by atoms with Gasteiger partial charge in [-0.2, -0.15) is 0 Å². The number of hydrogen-bond acceptors (Lipinski definition) is 6. The number of carbonyl (C=O) groups is 2. The van der Waals surface area contributed by atoms with E-state index < -0.39 is 33.4 Å². The molecule has 35 heavy (non-hydrogen) atoms. The first kappa shape index (κ1) is 27.8. The summed E-state index contributed by atoms with van der Waals surface area (Å²) in [5.41, 5.74) is 1.92. The first-order valence-electron chi connectivity index (χ1n) is 11.2. The van der Waals surface area contributed by atoms with E-state index in [1.165, 1.54) is 17.0 Å². The molecule has 0 aliphatic carbocycles. The van der Waals surface area contributed by atoms with Crippen LogP contribution in [0.15, 0.2) is 42.5 Å². The Hall–Kier alpha value is -3.47. The second kappa shape index (κ2) is 11.8. The summed E-state index contributed by atoms with van der Waals surface area (Å²) in [5.74, 6) is -0.963. The average molecular weight is 505 g/mol. The van der Waals surface area contributed by atoms with Crippen molar-refractivity contribution in [2.75, 3.05) is 23.7 Å². The van der Waals surface area contributed by atoms with Gasteiger partial charge in [0.2, 0.25) is 21.8 Å². The summed E-state index contributed by atoms with van der Waals surface area (Å²) in [6.45, 7) is 6.91. The van der Waals surface area contributed by atoms with Crippen molar-refractivity contribution in [3.8, 4) is 0 Å². The van der Waals surface area contributed by atoms with Crippen molar-refractivity contribution in [1.29, 1.82) is 0 Å². The fourth-order valence-electron chi connectivity index (χ4n) is 3.52. The summed E-state index contributed by atoms with van der Waals surface area (Å²) in [4.78, 5) is 38.3. The quantitative estimate of drug-likeness (QED) is 0.370. The summed E-state index contributed by atoms with van der Waals surface area (Å²) in [6.07, 6.45) is 1.65. The van der Waals surface area contributed by atoms with Crippen molar-refractivity contribution in [3.63, 3.8) is 0 Å². The fraction of sp³-hybridized carbons (Fsp3) is 0.417. The number of non-ortho nitro benzene ring substituents is 1. The van der Waals surface area contributed by atoms with Gasteiger partial charge in [-0.05, 0) is 43.9 Å². The molecule has 1 atom stereocenters. The molecule has 0 saturated heterocycles. The van der Waals surface area contributed by atoms with Gasteiger partial charge in [0.25, 0.3) is 5.69 Å². The lowest BCUT2D eigenvalue weighted by Gasteiger charge is -2.32. The number of anilines is 1. The molecule has 0 saturated carbocycles. The zero-order valence-electron chi connectivity index (χ0n) is 20.6. The summed E-state index contributed by atoms with van der Waals surface area (Å²) >= 11 is 0. The normalized spacial score (nSPS) is 12.0. The van der Waals surface area contributed by atoms with E-state index in [2.05, 4.69) is 5.32 Å². The lowest BCUT2D eigenvalue weighted by Crippen LogP contribution is -2.51. The van der Waals surface area contributed by atoms with Gasteiger partial charge in [-0.15, -0.1) is 0 Å². The minimum Gasteiger partial charge on any atom is -0.354 e. The minimum atomic E-state index is -3.99. The van der Waals surface area contributed by atoms with Gasteiger partial charge in [0, 0.05) is 25.2 Å². The molecule has 1 N–H and O–H groups in total. The SMILES string of the molecule is CCCNC(=O)[C@H](C)N(Cc1ccccc1C)C(=O)CN(c1cc([N+](=O)[O-])ccc1C)S(C)(=O)=O. The van der Waals surface area contributed by atoms with E-state index in [1.54, 1.807) is 13.8 Å². The lowest BCUT2D eigenvalue weighted by molar-refractivity contribution is -0.384. The largest absolute Gasteiger partial charge is 0.354 e. The van der Waals surface area contributed by atoms with E-state index in [0.717, 1.165) is 34.2 Å². The van der Waals surface area contributed by atoms with Crippen LogP contribution in [0.1, 0.15) is 37.0 Å². The average Bonchev–Trinajstić information content (AvgIpc) is 2.79. The van der Waals surface area contributed by atoms with Gasteiger partial charge in [-0.1, -0.05) is 37.3 Å². The van der Waals surface area contributed by atoms with Crippen LogP contribution in [0, 0.1) is 24.0 Å². The van der Waals surface area contributed by atoms with E-state index in [-0.39, 0.29) is 23.8 Å². The molecule has 0 aromatic heterocycles. The molecule has 2 aromatic carbocycles. The number of nitro benzene ring substituents is 1. The molecule has 0 unspecified atom stereocenters. The van der Waals surface area contributed by atoms with E-state index in [9.17, 15) is 28.1 Å². The van der Waals surface area contributed by atoms with Crippen LogP contribution in [0.2, 0.25) is 0 Å². The van der Waals surface area contributed by atoms with E-state index in [4.69, 9.17) is 0 Å². The van der Waals surface area contributed by atoms with Crippen molar-refractivity contribution >= 4 is 33.2 Å². The highest BCUT2D eigenvalue weighted by Crippen LogP contribution is 2.28. The summed E-state index contributed by atoms with van der Waals surface area (Å²) < 4.78 is 26.2. The van der Waals surface area contributed by atoms with Gasteiger partial charge in [0.15, 0.2) is 0 Å². The van der Waals surface area contributed by atoms with Crippen molar-refractivity contribution in [1.82, 2.24) is 10.2 Å². The number of carbonyl (C=O) groups excluding carboxylic acids is 2. The lowest BCUT2D eigenvalue weighted by atomic mass is 10.1. The molecule has 10 nitrogen and oxygen atoms in total. The number of aryl methyl sites for hydroxylation is 2. The highest BCUT2D eigenvalue weighted by molar-refractivity contribution is 7.92. The Morgan fingerprint density at radius 2 is 1.77 bits per heavy atom. The molecule has 2 aromatic rings. The van der Waals surface area contributed by atoms with Crippen molar-refractivity contribution in [2.45, 2.75) is 46.7 Å². The Bertz CT molecular complexity index is 1200. The Morgan fingerprint density at radius 1 is 1.11 bits per heavy atom. The van der Waals surface area contributed by atoms with E-state index in [0.29, 0.717) is 12.1 Å². The Labute approximate surface area is 206 Å². The summed E-state index contributed by atoms with van der Waals surface area (Å²) in [7, 11) is -3.99. The van der Waals surface area contributed by atoms with Crippen molar-refractivity contribution in [2.24, 2.45) is 0 Å². The second-order valence-electron chi connectivity index (χ2n) is 8.41. The number of amides is 2. The first-order chi connectivity index (χ1) is 16.4. The second-order valence-corrected chi connectivity index (χ2v) is 10.3. The van der Waals surface area contributed by atoms with Crippen LogP contribution in [0.25, 0.3) is 0 Å². The van der Waals surface area contributed by atoms with Gasteiger partial charge in [-0.3, -0.25) is 24.0 Å². The van der Waals surface area contributed by atoms with Crippen LogP contribution in [0.5, 0.6) is 0 Å². The van der Waals surface area contributed by atoms with Crippen LogP contribution < -0.4 is 9.62 Å². The highest BCUT2D eigenvalue weighted by atomic mass is 32.2. The number of benzene rings is 2. The van der Waals surface area contributed by atoms with Gasteiger partial charge < -0.3 is 10.2 Å². The van der Waals surface area contributed by atoms with Crippen molar-refractivity contribution in [3.05, 3.63) is 69.3 Å². The summed E-state index contributed by atoms with van der Waals surface area (Å²) in [5, 5.41) is 14.0. The molecular formula is C24H32N4O6S. The van der Waals surface area contributed by atoms with Crippen molar-refractivity contribution < 1.29 is 22.9 Å². The van der Waals surface area contributed by atoms with Crippen LogP contribution >= 0.6 is 0 Å². The highest BCUT2D eigenvalue weighted by Gasteiger charge is 2.31. The molecule has 2 amide bonds. The number of nitrogens with one attached hydrogen (secondary N) is 1. The monoisotopic (exact) mass is 504 g/mol. The molecular weight excluding hydrogens is 472 g/mol. The van der Waals surface area contributed by atoms with Gasteiger partial charge in [0.05, 0.1) is 16.9 Å². The predicted octanol–water partition coefficient (Wildman–Crippen LogP) is 2.92. The topological polar surface area (TPSA) is 130 Å². The smallest absolute Gasteiger partial charge is 0.271 e. The van der Waals surface area contributed by atoms with Crippen LogP contribution in [0.4, 0.5) is 11.4 Å². The van der Waals surface area contributed by atoms with Crippen LogP contribution in [0.3, 0.4) is 0 Å². The number of sulfonamides is 1. The van der Waals surface area contributed by atoms with E-state index >= 15 is 0 Å². The van der Waals surface area contributed by atoms with Gasteiger partial charge in [0.1, 0.15) is 12.6 Å². The van der Waals surface area contributed by atoms with E-state index in [1.807, 2.05) is 38.1 Å². The third kappa shape index (κ3) is 7.25. The molecule has 190 valence electrons. The Morgan fingerprint density at radius 3 is 2.34 bits per heavy atom. The molecule has 0 bridgehead atoms. The molecule has 11 heteroatoms. The maximum atomic E-state index is 13.5. The predicted molar refractivity (Wildman–Crippen MR) is 135 cm³/mol. The zero-order chi connectivity index (χ0) is 26.3. The third-order valence-electron chi connectivity index (χ3n) is 5.67. The van der Waals surface area contributed by atoms with Gasteiger partial charge >= 0.3 is 0 Å². The fourth-order valence-corrected chi connectivity index (χ4v) is 4.42. The molecule has 2 rings (SSSR count). The molecule has 0 fully saturated rings. The zero-order valence-corrected chi connectivity index (χ0v) is 21.5. The number of hydrogen-bond donors (Lipinski definition) is 1. The van der Waals surface area contributed by atoms with Crippen LogP contribution in [-0.2, 0) is 26.2 Å². The number of nitro groups is 1. The number of nitrogens with zero attached hydrogens (tertiary/aromatic N) is 3. The van der Waals surface area contributed by atoms with Gasteiger partial charge in [-0.25, -0.2) is 8.42 Å². The minimum absolute atomic E-state index is 0.0361. The maximum Gasteiger partial charge on any atom is 0.271 e. The molecule has 0 aliphatic heterocycles. The van der Waals surface area contributed by atoms with Crippen LogP contribution in [-0.4, -0.2) is 55.4 Å². The third-order valence-corrected chi connectivity index (χ3v) is 6.80. The Balaban J connectivity index is 2.48. The molecule has 0 spiro atoms. The molecule has 0 radical (unpaired) electrons. The molecule has 0 aliphatic rings. The molecule has 0 heterocycles. The first-order valence-corrected chi connectivity index (χ1v) is 13.1. The summed E-state index contributed by atoms with van der Waals surface area (Å²) in [6, 6.07) is 10.4.